The van der Waals surface area contributed by atoms with Crippen molar-refractivity contribution < 1.29 is 87.3 Å². The van der Waals surface area contributed by atoms with Gasteiger partial charge in [0.1, 0.15) is 49.0 Å². The molecular formula is C47H81N3O18. The van der Waals surface area contributed by atoms with Crippen LogP contribution in [0.25, 0.3) is 0 Å². The van der Waals surface area contributed by atoms with Crippen molar-refractivity contribution in [2.24, 2.45) is 35.1 Å². The van der Waals surface area contributed by atoms with E-state index in [1.54, 1.807) is 59.7 Å². The van der Waals surface area contributed by atoms with Gasteiger partial charge >= 0.3 is 12.0 Å². The van der Waals surface area contributed by atoms with Crippen molar-refractivity contribution in [3.8, 4) is 0 Å². The summed E-state index contributed by atoms with van der Waals surface area (Å²) in [6.45, 7) is 13.6. The molecule has 3 fully saturated rings. The number of nitrogens with zero attached hydrogens (tertiary/aromatic N) is 1. The normalized spacial score (nSPS) is 43.6. The van der Waals surface area contributed by atoms with E-state index in [1.807, 2.05) is 19.9 Å². The van der Waals surface area contributed by atoms with E-state index in [-0.39, 0.29) is 31.7 Å². The van der Waals surface area contributed by atoms with Crippen molar-refractivity contribution in [3.05, 3.63) is 23.8 Å². The summed E-state index contributed by atoms with van der Waals surface area (Å²) in [5.74, 6) is -3.59. The first kappa shape index (κ1) is 59.3. The SMILES string of the molecule is CC[C@H]1OC(=O)C[C@@H](O)[C@H](C)[C@@H](O[C@@H]2O[C@H](C)[C@@H](O[C@H]3C[C@@](C)(O)[C@@H](O)[C@H](C)O3)[C@H](N(C)C)[C@H]2O)[C@@H](CC=O)C[C@@H](C)C(=O)/C=C/C(C)=C/C1CO[C@@H]1O[C@H](C)[C@@H](O)[C@@H](OC)[C@H]1OC.NC(N)=O. The number of rotatable bonds is 13. The minimum Gasteiger partial charge on any atom is -0.462 e. The van der Waals surface area contributed by atoms with Gasteiger partial charge < -0.3 is 89.3 Å². The molecule has 0 aliphatic carbocycles. The van der Waals surface area contributed by atoms with Crippen LogP contribution in [-0.2, 0) is 57.0 Å². The molecule has 3 saturated heterocycles. The van der Waals surface area contributed by atoms with Crippen LogP contribution in [0.3, 0.4) is 0 Å². The Morgan fingerprint density at radius 2 is 1.50 bits per heavy atom. The van der Waals surface area contributed by atoms with Crippen LogP contribution in [0.2, 0.25) is 0 Å². The summed E-state index contributed by atoms with van der Waals surface area (Å²) >= 11 is 0. The quantitative estimate of drug-likeness (QED) is 0.0994. The molecule has 21 nitrogen and oxygen atoms in total. The number of esters is 1. The van der Waals surface area contributed by atoms with Crippen molar-refractivity contribution in [2.45, 2.75) is 191 Å². The third kappa shape index (κ3) is 16.0. The molecule has 0 aromatic heterocycles. The Balaban J connectivity index is 0.00000294. The summed E-state index contributed by atoms with van der Waals surface area (Å²) in [7, 11) is 6.43. The number of hydrogen-bond acceptors (Lipinski definition) is 19. The van der Waals surface area contributed by atoms with Crippen molar-refractivity contribution in [1.82, 2.24) is 4.90 Å². The van der Waals surface area contributed by atoms with E-state index in [9.17, 15) is 39.9 Å². The third-order valence-electron chi connectivity index (χ3n) is 13.4. The zero-order valence-electron chi connectivity index (χ0n) is 41.7. The van der Waals surface area contributed by atoms with Crippen molar-refractivity contribution >= 4 is 24.1 Å². The number of ether oxygens (including phenoxy) is 9. The number of urea groups is 1. The van der Waals surface area contributed by atoms with E-state index in [2.05, 4.69) is 11.5 Å². The van der Waals surface area contributed by atoms with E-state index in [4.69, 9.17) is 47.4 Å². The molecule has 4 heterocycles. The Kier molecular flexibility index (Phi) is 23.5. The number of likely N-dealkylation sites (N-methyl/N-ethyl adjacent to an activating group) is 1. The lowest BCUT2D eigenvalue weighted by Crippen LogP contribution is -2.65. The number of ketones is 1. The average molecular weight is 976 g/mol. The number of carbonyl (C=O) groups excluding carboxylic acids is 4. The number of primary amides is 2. The molecule has 0 spiro atoms. The number of hydrogen-bond donors (Lipinski definition) is 7. The zero-order chi connectivity index (χ0) is 51.4. The summed E-state index contributed by atoms with van der Waals surface area (Å²) in [5, 5.41) is 55.8. The molecule has 0 aromatic rings. The zero-order valence-corrected chi connectivity index (χ0v) is 41.7. The molecule has 4 aliphatic rings. The lowest BCUT2D eigenvalue weighted by Gasteiger charge is -2.50. The Morgan fingerprint density at radius 3 is 2.06 bits per heavy atom. The molecule has 0 bridgehead atoms. The van der Waals surface area contributed by atoms with Crippen molar-refractivity contribution in [1.29, 1.82) is 0 Å². The molecule has 21 atom stereocenters. The molecule has 21 heteroatoms. The first-order chi connectivity index (χ1) is 31.8. The fraction of sp³-hybridized carbons (Fsp3) is 0.830. The highest BCUT2D eigenvalue weighted by Gasteiger charge is 2.52. The summed E-state index contributed by atoms with van der Waals surface area (Å²) in [5.41, 5.74) is 7.69. The molecule has 392 valence electrons. The second-order valence-corrected chi connectivity index (χ2v) is 19.1. The van der Waals surface area contributed by atoms with Gasteiger partial charge in [-0.05, 0) is 73.5 Å². The monoisotopic (exact) mass is 976 g/mol. The van der Waals surface area contributed by atoms with Gasteiger partial charge in [-0.3, -0.25) is 9.59 Å². The van der Waals surface area contributed by atoms with Crippen molar-refractivity contribution in [2.75, 3.05) is 34.9 Å². The highest BCUT2D eigenvalue weighted by molar-refractivity contribution is 5.91. The lowest BCUT2D eigenvalue weighted by atomic mass is 9.79. The third-order valence-corrected chi connectivity index (χ3v) is 13.4. The number of carbonyl (C=O) groups is 4. The van der Waals surface area contributed by atoms with Gasteiger partial charge in [0.2, 0.25) is 0 Å². The van der Waals surface area contributed by atoms with Gasteiger partial charge in [-0.15, -0.1) is 0 Å². The predicted octanol–water partition coefficient (Wildman–Crippen LogP) is 0.857. The topological polar surface area (TPSA) is 308 Å². The molecule has 2 amide bonds. The Hall–Kier alpha value is -3.00. The summed E-state index contributed by atoms with van der Waals surface area (Å²) in [6, 6.07) is -1.58. The van der Waals surface area contributed by atoms with Gasteiger partial charge in [0.15, 0.2) is 24.7 Å². The maximum Gasteiger partial charge on any atom is 0.309 e. The van der Waals surface area contributed by atoms with E-state index in [0.717, 1.165) is 6.29 Å². The predicted molar refractivity (Wildman–Crippen MR) is 244 cm³/mol. The Morgan fingerprint density at radius 1 is 0.882 bits per heavy atom. The van der Waals surface area contributed by atoms with Crippen LogP contribution in [0.5, 0.6) is 0 Å². The minimum absolute atomic E-state index is 0.00788. The van der Waals surface area contributed by atoms with E-state index < -0.39 is 146 Å². The first-order valence-corrected chi connectivity index (χ1v) is 23.5. The van der Waals surface area contributed by atoms with Gasteiger partial charge in [0.05, 0.1) is 55.2 Å². The Labute approximate surface area is 400 Å². The largest absolute Gasteiger partial charge is 0.462 e. The second-order valence-electron chi connectivity index (χ2n) is 19.1. The van der Waals surface area contributed by atoms with Crippen LogP contribution in [0.1, 0.15) is 87.5 Å². The summed E-state index contributed by atoms with van der Waals surface area (Å²) in [4.78, 5) is 50.5. The molecular weight excluding hydrogens is 895 g/mol. The van der Waals surface area contributed by atoms with Gasteiger partial charge in [-0.25, -0.2) is 4.79 Å². The molecule has 68 heavy (non-hydrogen) atoms. The van der Waals surface area contributed by atoms with E-state index in [0.29, 0.717) is 12.0 Å². The number of aliphatic hydroxyl groups is 5. The minimum atomic E-state index is -1.49. The average Bonchev–Trinajstić information content (AvgIpc) is 3.25. The van der Waals surface area contributed by atoms with Crippen LogP contribution in [0.15, 0.2) is 23.8 Å². The summed E-state index contributed by atoms with van der Waals surface area (Å²) in [6.07, 6.45) is -8.49. The van der Waals surface area contributed by atoms with Crippen LogP contribution in [0, 0.1) is 23.7 Å². The van der Waals surface area contributed by atoms with Gasteiger partial charge in [-0.1, -0.05) is 38.5 Å². The number of amides is 2. The van der Waals surface area contributed by atoms with E-state index >= 15 is 0 Å². The first-order valence-electron chi connectivity index (χ1n) is 23.5. The number of aldehydes is 1. The molecule has 0 aromatic carbocycles. The second kappa shape index (κ2) is 27.0. The van der Waals surface area contributed by atoms with Crippen LogP contribution in [-0.4, -0.2) is 193 Å². The van der Waals surface area contributed by atoms with Gasteiger partial charge in [-0.2, -0.15) is 0 Å². The molecule has 9 N–H and O–H groups in total. The van der Waals surface area contributed by atoms with E-state index in [1.165, 1.54) is 27.2 Å². The molecule has 0 radical (unpaired) electrons. The number of methoxy groups -OCH3 is 2. The van der Waals surface area contributed by atoms with Crippen LogP contribution < -0.4 is 11.5 Å². The fourth-order valence-electron chi connectivity index (χ4n) is 9.51. The Bertz CT molecular complexity index is 1660. The number of allylic oxidation sites excluding steroid dienone is 3. The molecule has 1 unspecified atom stereocenters. The highest BCUT2D eigenvalue weighted by Crippen LogP contribution is 2.37. The number of aliphatic hydroxyl groups excluding tert-OH is 4. The van der Waals surface area contributed by atoms with Crippen molar-refractivity contribution in [3.63, 3.8) is 0 Å². The lowest BCUT2D eigenvalue weighted by molar-refractivity contribution is -0.341. The molecule has 0 saturated carbocycles. The van der Waals surface area contributed by atoms with Crippen LogP contribution in [0.4, 0.5) is 4.79 Å². The van der Waals surface area contributed by atoms with Gasteiger partial charge in [0, 0.05) is 44.8 Å². The maximum atomic E-state index is 13.8. The van der Waals surface area contributed by atoms with Crippen LogP contribution >= 0.6 is 0 Å². The fourth-order valence-corrected chi connectivity index (χ4v) is 9.51. The maximum absolute atomic E-state index is 13.8. The summed E-state index contributed by atoms with van der Waals surface area (Å²) < 4.78 is 54.7. The standard InChI is InChI=1S/C46H77NO17.CH4N2O/c1-13-33-30(22-58-45-42(57-12)41(56-11)37(52)26(5)60-45)18-23(2)14-15-31(49)24(3)19-29(16-17-48)39(25(4)32(50)20-34(51)62-33)64-44-38(53)36(47(9)10)40(27(6)61-44)63-35-21-46(8,55)43(54)28(7)59-35;2-1(3)4/h14-15,17-18,24-30,32-33,35-45,50,52-55H,13,16,19-22H2,1-12H3;(H4,2,3,4)/b15-14+,23-18+;/t24-,25+,26-,27-,28+,29+,30?,32-,33-,35+,36-,37-,38-,39-,40-,41-,42-,43+,44+,45-,46-;/m1./s1. The highest BCUT2D eigenvalue weighted by atomic mass is 16.7. The molecule has 4 rings (SSSR count). The number of nitrogens with two attached hydrogens (primary N) is 2. The van der Waals surface area contributed by atoms with Gasteiger partial charge in [0.25, 0.3) is 0 Å². The number of cyclic esters (lactones) is 1. The molecule has 4 aliphatic heterocycles. The smallest absolute Gasteiger partial charge is 0.309 e.